The van der Waals surface area contributed by atoms with E-state index in [1.807, 2.05) is 18.2 Å². The molecule has 1 aliphatic heterocycles. The van der Waals surface area contributed by atoms with E-state index in [1.54, 1.807) is 4.90 Å². The van der Waals surface area contributed by atoms with Crippen molar-refractivity contribution >= 4 is 24.0 Å². The summed E-state index contributed by atoms with van der Waals surface area (Å²) in [4.78, 5) is 13.4. The molecule has 3 nitrogen and oxygen atoms in total. The van der Waals surface area contributed by atoms with Crippen molar-refractivity contribution in [2.45, 2.75) is 11.3 Å². The van der Waals surface area contributed by atoms with E-state index in [0.29, 0.717) is 0 Å². The lowest BCUT2D eigenvalue weighted by Crippen LogP contribution is -2.17. The summed E-state index contributed by atoms with van der Waals surface area (Å²) in [5.74, 6) is 0. The van der Waals surface area contributed by atoms with Crippen LogP contribution in [0.3, 0.4) is 0 Å². The average Bonchev–Trinajstić information content (AvgIpc) is 2.59. The summed E-state index contributed by atoms with van der Waals surface area (Å²) in [5.41, 5.74) is 2.23. The Hall–Kier alpha value is -1.00. The summed E-state index contributed by atoms with van der Waals surface area (Å²) in [7, 11) is 0. The van der Waals surface area contributed by atoms with Crippen LogP contribution in [0.2, 0.25) is 0 Å². The molecule has 0 saturated carbocycles. The summed E-state index contributed by atoms with van der Waals surface area (Å²) in [6.45, 7) is 0.789. The average molecular weight is 194 g/mol. The van der Waals surface area contributed by atoms with Crippen LogP contribution in [0.4, 0.5) is 5.69 Å². The molecule has 0 fully saturated rings. The monoisotopic (exact) mass is 194 g/mol. The van der Waals surface area contributed by atoms with Gasteiger partial charge in [0, 0.05) is 17.1 Å². The number of fused-ring (bicyclic) bond motifs is 1. The third-order valence-electron chi connectivity index (χ3n) is 2.25. The van der Waals surface area contributed by atoms with E-state index < -0.39 is 0 Å². The van der Waals surface area contributed by atoms with Crippen LogP contribution in [0.25, 0.3) is 0 Å². The first-order chi connectivity index (χ1) is 6.35. The molecule has 0 aromatic heterocycles. The molecule has 0 unspecified atom stereocenters. The summed E-state index contributed by atoms with van der Waals surface area (Å²) in [6, 6.07) is 5.98. The van der Waals surface area contributed by atoms with E-state index in [4.69, 9.17) is 5.14 Å². The van der Waals surface area contributed by atoms with E-state index in [0.717, 1.165) is 30.0 Å². The lowest BCUT2D eigenvalue weighted by atomic mass is 10.2. The molecular weight excluding hydrogens is 184 g/mol. The number of nitrogens with zero attached hydrogens (tertiary/aromatic N) is 1. The molecule has 4 heteroatoms. The first-order valence-corrected chi connectivity index (χ1v) is 4.94. The number of carbonyl (C=O) groups excluding carboxylic acids is 1. The Kier molecular flexibility index (Phi) is 2.24. The minimum Gasteiger partial charge on any atom is -0.314 e. The van der Waals surface area contributed by atoms with Gasteiger partial charge >= 0.3 is 0 Å². The number of carbonyl (C=O) groups is 1. The Balaban J connectivity index is 2.42. The molecule has 0 radical (unpaired) electrons. The summed E-state index contributed by atoms with van der Waals surface area (Å²) in [5, 5.41) is 5.44. The lowest BCUT2D eigenvalue weighted by Gasteiger charge is -2.10. The topological polar surface area (TPSA) is 46.3 Å². The van der Waals surface area contributed by atoms with Crippen LogP contribution < -0.4 is 10.0 Å². The zero-order valence-electron chi connectivity index (χ0n) is 7.06. The molecule has 0 spiro atoms. The number of nitrogens with two attached hydrogens (primary N) is 1. The summed E-state index contributed by atoms with van der Waals surface area (Å²) < 4.78 is 0. The van der Waals surface area contributed by atoms with E-state index in [9.17, 15) is 4.79 Å². The summed E-state index contributed by atoms with van der Waals surface area (Å²) in [6.07, 6.45) is 1.82. The molecule has 1 aromatic rings. The van der Waals surface area contributed by atoms with Crippen LogP contribution in [0.5, 0.6) is 0 Å². The molecule has 1 heterocycles. The van der Waals surface area contributed by atoms with E-state index in [2.05, 4.69) is 0 Å². The quantitative estimate of drug-likeness (QED) is 0.568. The first-order valence-electron chi connectivity index (χ1n) is 4.07. The molecule has 0 aliphatic carbocycles. The molecule has 0 saturated heterocycles. The number of anilines is 1. The van der Waals surface area contributed by atoms with Crippen LogP contribution in [-0.4, -0.2) is 13.0 Å². The summed E-state index contributed by atoms with van der Waals surface area (Å²) >= 11 is 1.20. The maximum atomic E-state index is 10.7. The predicted molar refractivity (Wildman–Crippen MR) is 53.6 cm³/mol. The van der Waals surface area contributed by atoms with Gasteiger partial charge in [-0.15, -0.1) is 0 Å². The molecule has 68 valence electrons. The van der Waals surface area contributed by atoms with Gasteiger partial charge in [0.2, 0.25) is 6.41 Å². The second kappa shape index (κ2) is 3.40. The highest BCUT2D eigenvalue weighted by atomic mass is 32.2. The number of hydrogen-bond acceptors (Lipinski definition) is 3. The largest absolute Gasteiger partial charge is 0.314 e. The van der Waals surface area contributed by atoms with Gasteiger partial charge in [-0.2, -0.15) is 0 Å². The second-order valence-corrected chi connectivity index (χ2v) is 3.66. The van der Waals surface area contributed by atoms with Gasteiger partial charge in [0.1, 0.15) is 0 Å². The van der Waals surface area contributed by atoms with Crippen LogP contribution in [0.1, 0.15) is 5.56 Å². The predicted octanol–water partition coefficient (Wildman–Crippen LogP) is 1.17. The fourth-order valence-electron chi connectivity index (χ4n) is 1.57. The fraction of sp³-hybridized carbons (Fsp3) is 0.222. The highest BCUT2D eigenvalue weighted by molar-refractivity contribution is 7.97. The maximum absolute atomic E-state index is 10.7. The van der Waals surface area contributed by atoms with Crippen molar-refractivity contribution in [2.75, 3.05) is 11.4 Å². The van der Waals surface area contributed by atoms with Crippen molar-refractivity contribution in [3.63, 3.8) is 0 Å². The molecule has 1 amide bonds. The molecule has 1 aliphatic rings. The van der Waals surface area contributed by atoms with E-state index in [1.165, 1.54) is 17.5 Å². The van der Waals surface area contributed by atoms with Gasteiger partial charge in [-0.25, -0.2) is 0 Å². The second-order valence-electron chi connectivity index (χ2n) is 2.96. The van der Waals surface area contributed by atoms with Gasteiger partial charge in [0.25, 0.3) is 0 Å². The zero-order chi connectivity index (χ0) is 9.26. The molecule has 13 heavy (non-hydrogen) atoms. The van der Waals surface area contributed by atoms with Crippen LogP contribution in [0, 0.1) is 0 Å². The number of hydrogen-bond donors (Lipinski definition) is 1. The third-order valence-corrected chi connectivity index (χ3v) is 2.78. The number of amides is 1. The van der Waals surface area contributed by atoms with Gasteiger partial charge < -0.3 is 4.90 Å². The van der Waals surface area contributed by atoms with Crippen molar-refractivity contribution in [2.24, 2.45) is 5.14 Å². The van der Waals surface area contributed by atoms with Crippen molar-refractivity contribution in [3.05, 3.63) is 23.8 Å². The Morgan fingerprint density at radius 3 is 3.08 bits per heavy atom. The smallest absolute Gasteiger partial charge is 0.214 e. The van der Waals surface area contributed by atoms with Crippen LogP contribution in [0.15, 0.2) is 23.1 Å². The maximum Gasteiger partial charge on any atom is 0.214 e. The van der Waals surface area contributed by atoms with Gasteiger partial charge in [0.05, 0.1) is 0 Å². The highest BCUT2D eigenvalue weighted by Crippen LogP contribution is 2.29. The number of rotatable bonds is 2. The Morgan fingerprint density at radius 2 is 2.38 bits per heavy atom. The van der Waals surface area contributed by atoms with Gasteiger partial charge in [-0.3, -0.25) is 9.93 Å². The van der Waals surface area contributed by atoms with Gasteiger partial charge in [-0.1, -0.05) is 6.07 Å². The van der Waals surface area contributed by atoms with E-state index in [-0.39, 0.29) is 0 Å². The van der Waals surface area contributed by atoms with E-state index >= 15 is 0 Å². The van der Waals surface area contributed by atoms with Crippen LogP contribution >= 0.6 is 11.9 Å². The molecule has 2 rings (SSSR count). The van der Waals surface area contributed by atoms with Gasteiger partial charge in [0.15, 0.2) is 0 Å². The van der Waals surface area contributed by atoms with Crippen molar-refractivity contribution in [1.82, 2.24) is 0 Å². The van der Waals surface area contributed by atoms with Crippen LogP contribution in [-0.2, 0) is 11.2 Å². The number of benzene rings is 1. The Labute approximate surface area is 81.0 Å². The minimum atomic E-state index is 0.789. The minimum absolute atomic E-state index is 0.789. The SMILES string of the molecule is NSc1ccc2c(c1)N(C=O)CC2. The lowest BCUT2D eigenvalue weighted by molar-refractivity contribution is -0.107. The van der Waals surface area contributed by atoms with Crippen molar-refractivity contribution < 1.29 is 4.79 Å². The van der Waals surface area contributed by atoms with Gasteiger partial charge in [-0.05, 0) is 36.1 Å². The normalized spacial score (nSPS) is 14.4. The Morgan fingerprint density at radius 1 is 1.54 bits per heavy atom. The third kappa shape index (κ3) is 1.43. The van der Waals surface area contributed by atoms with Crippen molar-refractivity contribution in [3.8, 4) is 0 Å². The standard InChI is InChI=1S/C9H10N2OS/c10-13-8-2-1-7-3-4-11(6-12)9(7)5-8/h1-2,5-6H,3-4,10H2. The molecule has 2 N–H and O–H groups in total. The Bertz CT molecular complexity index is 340. The zero-order valence-corrected chi connectivity index (χ0v) is 7.88. The highest BCUT2D eigenvalue weighted by Gasteiger charge is 2.18. The molecule has 1 aromatic carbocycles. The molecular formula is C9H10N2OS. The first kappa shape index (κ1) is 8.59. The van der Waals surface area contributed by atoms with Crippen molar-refractivity contribution in [1.29, 1.82) is 0 Å². The molecule has 0 bridgehead atoms. The molecule has 0 atom stereocenters. The fourth-order valence-corrected chi connectivity index (χ4v) is 1.89.